The molecule has 5 heteroatoms. The number of benzene rings is 1. The standard InChI is InChI=1S/C14H15NO4/c1-9(7-13(17)18)15-12(16)8-11(14(15)19)10-5-3-2-4-6-10/h2-6,9,11H,7-8H2,1H3,(H,17,18). The van der Waals surface area contributed by atoms with Gasteiger partial charge in [-0.1, -0.05) is 30.3 Å². The molecule has 1 aromatic carbocycles. The number of nitrogens with zero attached hydrogens (tertiary/aromatic N) is 1. The molecule has 2 unspecified atom stereocenters. The Morgan fingerprint density at radius 1 is 1.37 bits per heavy atom. The number of rotatable bonds is 4. The van der Waals surface area contributed by atoms with Crippen molar-refractivity contribution in [2.24, 2.45) is 0 Å². The molecule has 19 heavy (non-hydrogen) atoms. The molecule has 1 heterocycles. The molecule has 1 fully saturated rings. The highest BCUT2D eigenvalue weighted by Crippen LogP contribution is 2.31. The van der Waals surface area contributed by atoms with Gasteiger partial charge in [0, 0.05) is 12.5 Å². The highest BCUT2D eigenvalue weighted by atomic mass is 16.4. The number of aliphatic carboxylic acids is 1. The molecule has 1 N–H and O–H groups in total. The zero-order valence-corrected chi connectivity index (χ0v) is 10.6. The summed E-state index contributed by atoms with van der Waals surface area (Å²) in [6.45, 7) is 1.58. The molecular formula is C14H15NO4. The molecule has 100 valence electrons. The first-order valence-electron chi connectivity index (χ1n) is 6.13. The average Bonchev–Trinajstić information content (AvgIpc) is 2.65. The first-order valence-corrected chi connectivity index (χ1v) is 6.13. The third kappa shape index (κ3) is 2.65. The van der Waals surface area contributed by atoms with Crippen molar-refractivity contribution in [2.45, 2.75) is 31.7 Å². The Bertz CT molecular complexity index is 511. The normalized spacial score (nSPS) is 20.7. The van der Waals surface area contributed by atoms with Crippen LogP contribution in [-0.4, -0.2) is 33.8 Å². The van der Waals surface area contributed by atoms with Gasteiger partial charge in [0.15, 0.2) is 0 Å². The van der Waals surface area contributed by atoms with Crippen molar-refractivity contribution >= 4 is 17.8 Å². The molecule has 0 spiro atoms. The van der Waals surface area contributed by atoms with Crippen molar-refractivity contribution in [2.75, 3.05) is 0 Å². The minimum Gasteiger partial charge on any atom is -0.481 e. The predicted molar refractivity (Wildman–Crippen MR) is 67.4 cm³/mol. The van der Waals surface area contributed by atoms with Crippen molar-refractivity contribution < 1.29 is 19.5 Å². The average molecular weight is 261 g/mol. The summed E-state index contributed by atoms with van der Waals surface area (Å²) in [5.74, 6) is -2.10. The van der Waals surface area contributed by atoms with Crippen molar-refractivity contribution in [3.8, 4) is 0 Å². The second-order valence-corrected chi connectivity index (χ2v) is 4.72. The van der Waals surface area contributed by atoms with E-state index < -0.39 is 17.9 Å². The molecule has 0 aliphatic carbocycles. The van der Waals surface area contributed by atoms with Gasteiger partial charge >= 0.3 is 5.97 Å². The lowest BCUT2D eigenvalue weighted by Crippen LogP contribution is -2.39. The van der Waals surface area contributed by atoms with Crippen LogP contribution in [0.2, 0.25) is 0 Å². The van der Waals surface area contributed by atoms with Gasteiger partial charge in [-0.2, -0.15) is 0 Å². The van der Waals surface area contributed by atoms with Crippen LogP contribution in [-0.2, 0) is 14.4 Å². The molecule has 0 radical (unpaired) electrons. The summed E-state index contributed by atoms with van der Waals surface area (Å²) in [5, 5.41) is 8.75. The molecule has 0 bridgehead atoms. The minimum absolute atomic E-state index is 0.118. The van der Waals surface area contributed by atoms with Gasteiger partial charge in [-0.25, -0.2) is 0 Å². The Labute approximate surface area is 110 Å². The first-order chi connectivity index (χ1) is 9.00. The molecule has 0 aromatic heterocycles. The maximum atomic E-state index is 12.3. The lowest BCUT2D eigenvalue weighted by molar-refractivity contribution is -0.144. The zero-order chi connectivity index (χ0) is 14.0. The molecule has 2 amide bonds. The molecule has 2 atom stereocenters. The summed E-state index contributed by atoms with van der Waals surface area (Å²) in [6.07, 6.45) is -0.105. The Balaban J connectivity index is 2.19. The minimum atomic E-state index is -1.02. The highest BCUT2D eigenvalue weighted by molar-refractivity contribution is 6.06. The van der Waals surface area contributed by atoms with Gasteiger partial charge < -0.3 is 5.11 Å². The largest absolute Gasteiger partial charge is 0.481 e. The van der Waals surface area contributed by atoms with E-state index in [1.807, 2.05) is 18.2 Å². The van der Waals surface area contributed by atoms with E-state index in [0.717, 1.165) is 10.5 Å². The predicted octanol–water partition coefficient (Wildman–Crippen LogP) is 1.39. The van der Waals surface area contributed by atoms with E-state index in [1.54, 1.807) is 19.1 Å². The van der Waals surface area contributed by atoms with Crippen LogP contribution in [0.5, 0.6) is 0 Å². The Kier molecular flexibility index (Phi) is 3.64. The van der Waals surface area contributed by atoms with Crippen LogP contribution < -0.4 is 0 Å². The van der Waals surface area contributed by atoms with Crippen LogP contribution in [0.3, 0.4) is 0 Å². The van der Waals surface area contributed by atoms with E-state index in [9.17, 15) is 14.4 Å². The van der Waals surface area contributed by atoms with E-state index in [2.05, 4.69) is 0 Å². The quantitative estimate of drug-likeness (QED) is 0.831. The fraction of sp³-hybridized carbons (Fsp3) is 0.357. The molecule has 5 nitrogen and oxygen atoms in total. The molecule has 1 saturated heterocycles. The Hall–Kier alpha value is -2.17. The fourth-order valence-corrected chi connectivity index (χ4v) is 2.40. The van der Waals surface area contributed by atoms with E-state index in [1.165, 1.54) is 0 Å². The van der Waals surface area contributed by atoms with Gasteiger partial charge in [0.2, 0.25) is 11.8 Å². The Morgan fingerprint density at radius 3 is 2.58 bits per heavy atom. The second kappa shape index (κ2) is 5.22. The zero-order valence-electron chi connectivity index (χ0n) is 10.6. The number of carbonyl (C=O) groups excluding carboxylic acids is 2. The van der Waals surface area contributed by atoms with E-state index in [0.29, 0.717) is 0 Å². The van der Waals surface area contributed by atoms with Gasteiger partial charge in [-0.05, 0) is 12.5 Å². The van der Waals surface area contributed by atoms with Crippen molar-refractivity contribution in [1.82, 2.24) is 4.90 Å². The summed E-state index contributed by atoms with van der Waals surface area (Å²) in [4.78, 5) is 35.9. The smallest absolute Gasteiger partial charge is 0.305 e. The number of likely N-dealkylation sites (tertiary alicyclic amines) is 1. The number of carboxylic acid groups (broad SMARTS) is 1. The lowest BCUT2D eigenvalue weighted by Gasteiger charge is -2.21. The number of carbonyl (C=O) groups is 3. The summed E-state index contributed by atoms with van der Waals surface area (Å²) < 4.78 is 0. The van der Waals surface area contributed by atoms with Crippen LogP contribution >= 0.6 is 0 Å². The number of imide groups is 1. The maximum Gasteiger partial charge on any atom is 0.305 e. The van der Waals surface area contributed by atoms with Crippen LogP contribution in [0, 0.1) is 0 Å². The van der Waals surface area contributed by atoms with Gasteiger partial charge in [0.05, 0.1) is 12.3 Å². The lowest BCUT2D eigenvalue weighted by atomic mass is 9.98. The van der Waals surface area contributed by atoms with Crippen LogP contribution in [0.1, 0.15) is 31.2 Å². The molecule has 1 aromatic rings. The third-order valence-electron chi connectivity index (χ3n) is 3.30. The van der Waals surface area contributed by atoms with E-state index in [-0.39, 0.29) is 24.7 Å². The number of hydrogen-bond donors (Lipinski definition) is 1. The molecule has 1 aliphatic heterocycles. The van der Waals surface area contributed by atoms with E-state index >= 15 is 0 Å². The van der Waals surface area contributed by atoms with Gasteiger partial charge in [0.1, 0.15) is 0 Å². The third-order valence-corrected chi connectivity index (χ3v) is 3.30. The van der Waals surface area contributed by atoms with Crippen molar-refractivity contribution in [3.05, 3.63) is 35.9 Å². The van der Waals surface area contributed by atoms with Gasteiger partial charge in [0.25, 0.3) is 0 Å². The second-order valence-electron chi connectivity index (χ2n) is 4.72. The SMILES string of the molecule is CC(CC(=O)O)N1C(=O)CC(c2ccccc2)C1=O. The summed E-state index contributed by atoms with van der Waals surface area (Å²) in [5.41, 5.74) is 0.797. The van der Waals surface area contributed by atoms with Crippen molar-refractivity contribution in [3.63, 3.8) is 0 Å². The fourth-order valence-electron chi connectivity index (χ4n) is 2.40. The summed E-state index contributed by atoms with van der Waals surface area (Å²) in [6, 6.07) is 8.48. The van der Waals surface area contributed by atoms with Gasteiger partial charge in [-0.3, -0.25) is 19.3 Å². The van der Waals surface area contributed by atoms with Crippen LogP contribution in [0.25, 0.3) is 0 Å². The van der Waals surface area contributed by atoms with Crippen LogP contribution in [0.15, 0.2) is 30.3 Å². The van der Waals surface area contributed by atoms with Gasteiger partial charge in [-0.15, -0.1) is 0 Å². The summed E-state index contributed by atoms with van der Waals surface area (Å²) >= 11 is 0. The van der Waals surface area contributed by atoms with E-state index in [4.69, 9.17) is 5.11 Å². The molecule has 1 aliphatic rings. The Morgan fingerprint density at radius 2 is 2.00 bits per heavy atom. The monoisotopic (exact) mass is 261 g/mol. The summed E-state index contributed by atoms with van der Waals surface area (Å²) in [7, 11) is 0. The maximum absolute atomic E-state index is 12.3. The molecule has 0 saturated carbocycles. The number of hydrogen-bond acceptors (Lipinski definition) is 3. The molecular weight excluding hydrogens is 246 g/mol. The number of carboxylic acids is 1. The molecule has 2 rings (SSSR count). The topological polar surface area (TPSA) is 74.7 Å². The van der Waals surface area contributed by atoms with Crippen LogP contribution in [0.4, 0.5) is 0 Å². The highest BCUT2D eigenvalue weighted by Gasteiger charge is 2.41. The first kappa shape index (κ1) is 13.3. The number of amides is 2. The van der Waals surface area contributed by atoms with Crippen molar-refractivity contribution in [1.29, 1.82) is 0 Å².